The highest BCUT2D eigenvalue weighted by Crippen LogP contribution is 2.18. The Morgan fingerprint density at radius 2 is 2.00 bits per heavy atom. The minimum Gasteiger partial charge on any atom is -0.380 e. The predicted molar refractivity (Wildman–Crippen MR) is 73.4 cm³/mol. The van der Waals surface area contributed by atoms with Crippen molar-refractivity contribution in [3.63, 3.8) is 0 Å². The van der Waals surface area contributed by atoms with E-state index in [2.05, 4.69) is 38.0 Å². The van der Waals surface area contributed by atoms with Gasteiger partial charge in [0.1, 0.15) is 0 Å². The van der Waals surface area contributed by atoms with Gasteiger partial charge in [-0.3, -0.25) is 4.90 Å². The molecule has 1 rings (SSSR count). The van der Waals surface area contributed by atoms with Gasteiger partial charge in [-0.2, -0.15) is 0 Å². The summed E-state index contributed by atoms with van der Waals surface area (Å²) < 4.78 is 5.67. The van der Waals surface area contributed by atoms with E-state index in [9.17, 15) is 0 Å². The van der Waals surface area contributed by atoms with E-state index in [4.69, 9.17) is 4.74 Å². The van der Waals surface area contributed by atoms with E-state index in [1.165, 1.54) is 19.3 Å². The smallest absolute Gasteiger partial charge is 0.0637 e. The molecule has 0 spiro atoms. The third-order valence-corrected chi connectivity index (χ3v) is 4.02. The van der Waals surface area contributed by atoms with Crippen LogP contribution in [0.5, 0.6) is 0 Å². The Hall–Kier alpha value is -0.120. The van der Waals surface area contributed by atoms with Crippen molar-refractivity contribution in [2.75, 3.05) is 26.8 Å². The molecule has 1 saturated heterocycles. The van der Waals surface area contributed by atoms with Crippen molar-refractivity contribution in [3.05, 3.63) is 0 Å². The highest BCUT2D eigenvalue weighted by atomic mass is 16.5. The molecule has 0 aromatic rings. The molecule has 0 bridgehead atoms. The van der Waals surface area contributed by atoms with Gasteiger partial charge in [0.2, 0.25) is 0 Å². The van der Waals surface area contributed by atoms with Crippen molar-refractivity contribution < 1.29 is 4.74 Å². The van der Waals surface area contributed by atoms with Crippen LogP contribution >= 0.6 is 0 Å². The van der Waals surface area contributed by atoms with Crippen molar-refractivity contribution in [3.8, 4) is 0 Å². The molecule has 1 fully saturated rings. The van der Waals surface area contributed by atoms with Crippen LogP contribution in [0, 0.1) is 0 Å². The summed E-state index contributed by atoms with van der Waals surface area (Å²) in [5.41, 5.74) is 0. The van der Waals surface area contributed by atoms with Crippen LogP contribution < -0.4 is 5.32 Å². The molecule has 3 nitrogen and oxygen atoms in total. The maximum absolute atomic E-state index is 5.67. The molecular formula is C14H30N2O. The highest BCUT2D eigenvalue weighted by Gasteiger charge is 2.30. The summed E-state index contributed by atoms with van der Waals surface area (Å²) in [5.74, 6) is 0. The molecule has 0 aliphatic carbocycles. The Kier molecular flexibility index (Phi) is 7.09. The highest BCUT2D eigenvalue weighted by molar-refractivity contribution is 4.88. The summed E-state index contributed by atoms with van der Waals surface area (Å²) in [6.45, 7) is 9.71. The molecule has 3 heteroatoms. The molecule has 0 aromatic heterocycles. The van der Waals surface area contributed by atoms with E-state index in [1.54, 1.807) is 0 Å². The largest absolute Gasteiger partial charge is 0.380 e. The summed E-state index contributed by atoms with van der Waals surface area (Å²) in [5, 5.41) is 3.68. The summed E-state index contributed by atoms with van der Waals surface area (Å²) in [4.78, 5) is 2.53. The van der Waals surface area contributed by atoms with Gasteiger partial charge in [0.15, 0.2) is 0 Å². The fourth-order valence-corrected chi connectivity index (χ4v) is 2.83. The molecule has 0 aromatic carbocycles. The van der Waals surface area contributed by atoms with Gasteiger partial charge in [-0.15, -0.1) is 0 Å². The number of ether oxygens (including phenoxy) is 1. The van der Waals surface area contributed by atoms with Crippen molar-refractivity contribution in [1.29, 1.82) is 0 Å². The Bertz CT molecular complexity index is 195. The van der Waals surface area contributed by atoms with Crippen LogP contribution in [-0.2, 0) is 4.74 Å². The Labute approximate surface area is 107 Å². The first kappa shape index (κ1) is 14.9. The molecule has 1 heterocycles. The van der Waals surface area contributed by atoms with Crippen LogP contribution in [0.4, 0.5) is 0 Å². The quantitative estimate of drug-likeness (QED) is 0.741. The average Bonchev–Trinajstić information content (AvgIpc) is 2.38. The van der Waals surface area contributed by atoms with Crippen LogP contribution in [0.1, 0.15) is 46.5 Å². The average molecular weight is 242 g/mol. The van der Waals surface area contributed by atoms with E-state index in [0.717, 1.165) is 26.2 Å². The third kappa shape index (κ3) is 4.23. The van der Waals surface area contributed by atoms with E-state index < -0.39 is 0 Å². The number of rotatable bonds is 7. The number of hydrogen-bond donors (Lipinski definition) is 1. The van der Waals surface area contributed by atoms with Gasteiger partial charge in [-0.05, 0) is 39.3 Å². The van der Waals surface area contributed by atoms with Crippen LogP contribution in [0.2, 0.25) is 0 Å². The van der Waals surface area contributed by atoms with Gasteiger partial charge in [0, 0.05) is 24.7 Å². The lowest BCUT2D eigenvalue weighted by Gasteiger charge is -2.41. The van der Waals surface area contributed by atoms with Gasteiger partial charge in [-0.1, -0.05) is 20.8 Å². The zero-order valence-electron chi connectivity index (χ0n) is 12.0. The molecule has 1 N–H and O–H groups in total. The van der Waals surface area contributed by atoms with Crippen molar-refractivity contribution in [2.24, 2.45) is 0 Å². The van der Waals surface area contributed by atoms with Crippen LogP contribution in [0.15, 0.2) is 0 Å². The van der Waals surface area contributed by atoms with Gasteiger partial charge < -0.3 is 10.1 Å². The monoisotopic (exact) mass is 242 g/mol. The van der Waals surface area contributed by atoms with Crippen molar-refractivity contribution in [1.82, 2.24) is 10.2 Å². The first-order valence-electron chi connectivity index (χ1n) is 7.27. The Balaban J connectivity index is 2.56. The minimum atomic E-state index is 0.542. The lowest BCUT2D eigenvalue weighted by atomic mass is 9.99. The maximum Gasteiger partial charge on any atom is 0.0637 e. The fourth-order valence-electron chi connectivity index (χ4n) is 2.83. The second-order valence-electron chi connectivity index (χ2n) is 5.13. The molecule has 0 saturated carbocycles. The van der Waals surface area contributed by atoms with Crippen LogP contribution in [0.3, 0.4) is 0 Å². The first-order valence-corrected chi connectivity index (χ1v) is 7.27. The maximum atomic E-state index is 5.67. The molecule has 17 heavy (non-hydrogen) atoms. The zero-order valence-corrected chi connectivity index (χ0v) is 12.0. The van der Waals surface area contributed by atoms with E-state index in [1.807, 2.05) is 0 Å². The Morgan fingerprint density at radius 1 is 1.29 bits per heavy atom. The molecule has 0 radical (unpaired) electrons. The van der Waals surface area contributed by atoms with E-state index in [0.29, 0.717) is 18.1 Å². The number of nitrogens with one attached hydrogen (secondary N) is 1. The summed E-state index contributed by atoms with van der Waals surface area (Å²) >= 11 is 0. The first-order chi connectivity index (χ1) is 8.24. The lowest BCUT2D eigenvalue weighted by molar-refractivity contribution is -0.00962. The van der Waals surface area contributed by atoms with Gasteiger partial charge in [0.25, 0.3) is 0 Å². The lowest BCUT2D eigenvalue weighted by Crippen LogP contribution is -2.56. The second kappa shape index (κ2) is 8.06. The molecule has 102 valence electrons. The van der Waals surface area contributed by atoms with Crippen LogP contribution in [0.25, 0.3) is 0 Å². The second-order valence-corrected chi connectivity index (χ2v) is 5.13. The van der Waals surface area contributed by atoms with Gasteiger partial charge in [-0.25, -0.2) is 0 Å². The molecule has 1 aliphatic rings. The number of hydrogen-bond acceptors (Lipinski definition) is 3. The van der Waals surface area contributed by atoms with Gasteiger partial charge in [0.05, 0.1) is 6.61 Å². The summed E-state index contributed by atoms with van der Waals surface area (Å²) in [6.07, 6.45) is 4.81. The SMILES string of the molecule is CCCNC1CCOCC1N(C)C(CC)CC. The topological polar surface area (TPSA) is 24.5 Å². The number of nitrogens with zero attached hydrogens (tertiary/aromatic N) is 1. The molecule has 1 aliphatic heterocycles. The minimum absolute atomic E-state index is 0.542. The standard InChI is InChI=1S/C14H30N2O/c1-5-9-15-13-8-10-17-11-14(13)16(4)12(6-2)7-3/h12-15H,5-11H2,1-4H3. The summed E-state index contributed by atoms with van der Waals surface area (Å²) in [6, 6.07) is 1.84. The van der Waals surface area contributed by atoms with E-state index in [-0.39, 0.29) is 0 Å². The van der Waals surface area contributed by atoms with Crippen molar-refractivity contribution in [2.45, 2.75) is 64.6 Å². The van der Waals surface area contributed by atoms with Crippen molar-refractivity contribution >= 4 is 0 Å². The third-order valence-electron chi connectivity index (χ3n) is 4.02. The fraction of sp³-hybridized carbons (Fsp3) is 1.00. The van der Waals surface area contributed by atoms with Gasteiger partial charge >= 0.3 is 0 Å². The van der Waals surface area contributed by atoms with E-state index >= 15 is 0 Å². The zero-order chi connectivity index (χ0) is 12.7. The molecular weight excluding hydrogens is 212 g/mol. The van der Waals surface area contributed by atoms with Crippen LogP contribution in [-0.4, -0.2) is 49.8 Å². The number of likely N-dealkylation sites (N-methyl/N-ethyl adjacent to an activating group) is 1. The summed E-state index contributed by atoms with van der Waals surface area (Å²) in [7, 11) is 2.26. The molecule has 2 atom stereocenters. The molecule has 2 unspecified atom stereocenters. The normalized spacial score (nSPS) is 25.8. The predicted octanol–water partition coefficient (Wildman–Crippen LogP) is 2.26. The molecule has 0 amide bonds. The Morgan fingerprint density at radius 3 is 2.59 bits per heavy atom.